The lowest BCUT2D eigenvalue weighted by molar-refractivity contribution is 0.267. The van der Waals surface area contributed by atoms with Gasteiger partial charge in [0, 0.05) is 23.6 Å². The predicted octanol–water partition coefficient (Wildman–Crippen LogP) is 1.77. The Morgan fingerprint density at radius 1 is 1.33 bits per heavy atom. The predicted molar refractivity (Wildman–Crippen MR) is 78.6 cm³/mol. The zero-order chi connectivity index (χ0) is 15.3. The van der Waals surface area contributed by atoms with E-state index >= 15 is 0 Å². The van der Waals surface area contributed by atoms with Crippen LogP contribution >= 0.6 is 0 Å². The molecule has 7 heteroatoms. The maximum atomic E-state index is 12.2. The van der Waals surface area contributed by atoms with E-state index < -0.39 is 10.0 Å². The van der Waals surface area contributed by atoms with Gasteiger partial charge in [0.15, 0.2) is 0 Å². The third-order valence-corrected chi connectivity index (χ3v) is 4.09. The van der Waals surface area contributed by atoms with Crippen LogP contribution in [0.3, 0.4) is 0 Å². The molecular formula is C14H16N2O4S. The average molecular weight is 308 g/mol. The first-order chi connectivity index (χ1) is 10.1. The van der Waals surface area contributed by atoms with Gasteiger partial charge in [-0.3, -0.25) is 9.71 Å². The van der Waals surface area contributed by atoms with Gasteiger partial charge in [-0.2, -0.15) is 0 Å². The van der Waals surface area contributed by atoms with Crippen molar-refractivity contribution in [3.63, 3.8) is 0 Å². The first-order valence-electron chi connectivity index (χ1n) is 6.36. The maximum Gasteiger partial charge on any atom is 0.263 e. The molecule has 0 bridgehead atoms. The number of aromatic nitrogens is 1. The van der Waals surface area contributed by atoms with Crippen LogP contribution in [0, 0.1) is 0 Å². The molecule has 0 unspecified atom stereocenters. The van der Waals surface area contributed by atoms with Crippen LogP contribution in [0.15, 0.2) is 47.6 Å². The number of nitrogens with one attached hydrogen (secondary N) is 1. The Labute approximate surface area is 123 Å². The Morgan fingerprint density at radius 2 is 2.14 bits per heavy atom. The highest BCUT2D eigenvalue weighted by atomic mass is 32.2. The molecule has 0 aliphatic rings. The highest BCUT2D eigenvalue weighted by Crippen LogP contribution is 2.24. The minimum absolute atomic E-state index is 0.0735. The van der Waals surface area contributed by atoms with E-state index in [0.717, 1.165) is 0 Å². The van der Waals surface area contributed by atoms with Gasteiger partial charge in [0.2, 0.25) is 0 Å². The maximum absolute atomic E-state index is 12.2. The van der Waals surface area contributed by atoms with Gasteiger partial charge in [0.1, 0.15) is 10.6 Å². The molecule has 1 aromatic heterocycles. The molecule has 0 radical (unpaired) electrons. The second-order valence-corrected chi connectivity index (χ2v) is 5.89. The first kappa shape index (κ1) is 15.3. The molecule has 1 heterocycles. The molecule has 2 aromatic rings. The lowest BCUT2D eigenvalue weighted by Crippen LogP contribution is -2.13. The van der Waals surface area contributed by atoms with Crippen molar-refractivity contribution in [3.05, 3.63) is 48.3 Å². The van der Waals surface area contributed by atoms with Crippen LogP contribution in [0.5, 0.6) is 5.75 Å². The van der Waals surface area contributed by atoms with Crippen molar-refractivity contribution < 1.29 is 18.3 Å². The van der Waals surface area contributed by atoms with Crippen molar-refractivity contribution in [3.8, 4) is 5.75 Å². The highest BCUT2D eigenvalue weighted by molar-refractivity contribution is 7.92. The Morgan fingerprint density at radius 3 is 2.76 bits per heavy atom. The van der Waals surface area contributed by atoms with Crippen LogP contribution in [-0.4, -0.2) is 25.1 Å². The molecule has 1 aromatic carbocycles. The summed E-state index contributed by atoms with van der Waals surface area (Å²) in [6.45, 7) is 2.06. The second kappa shape index (κ2) is 6.55. The van der Waals surface area contributed by atoms with Crippen LogP contribution < -0.4 is 9.46 Å². The highest BCUT2D eigenvalue weighted by Gasteiger charge is 2.15. The van der Waals surface area contributed by atoms with Crippen molar-refractivity contribution in [1.29, 1.82) is 0 Å². The minimum Gasteiger partial charge on any atom is -0.494 e. The van der Waals surface area contributed by atoms with Gasteiger partial charge >= 0.3 is 0 Å². The standard InChI is InChI=1S/C14H16N2O4S/c1-2-20-14-6-5-12(8-11(14)10-17)16-21(18,19)13-4-3-7-15-9-13/h3-9,16-17H,2,10H2,1H3. The Balaban J connectivity index is 2.28. The SMILES string of the molecule is CCOc1ccc(NS(=O)(=O)c2cccnc2)cc1CO. The molecule has 0 fully saturated rings. The van der Waals surface area contributed by atoms with E-state index in [4.69, 9.17) is 4.74 Å². The first-order valence-corrected chi connectivity index (χ1v) is 7.84. The molecule has 0 saturated carbocycles. The molecule has 0 spiro atoms. The molecule has 112 valence electrons. The normalized spacial score (nSPS) is 11.1. The molecule has 0 aliphatic heterocycles. The number of anilines is 1. The van der Waals surface area contributed by atoms with E-state index in [1.54, 1.807) is 24.3 Å². The average Bonchev–Trinajstić information content (AvgIpc) is 2.49. The number of rotatable bonds is 6. The molecule has 0 saturated heterocycles. The topological polar surface area (TPSA) is 88.5 Å². The van der Waals surface area contributed by atoms with Crippen molar-refractivity contribution in [2.45, 2.75) is 18.4 Å². The second-order valence-electron chi connectivity index (χ2n) is 4.21. The van der Waals surface area contributed by atoms with Gasteiger partial charge < -0.3 is 9.84 Å². The number of sulfonamides is 1. The van der Waals surface area contributed by atoms with E-state index in [0.29, 0.717) is 23.6 Å². The zero-order valence-electron chi connectivity index (χ0n) is 11.5. The Kier molecular flexibility index (Phi) is 4.77. The van der Waals surface area contributed by atoms with Crippen molar-refractivity contribution in [1.82, 2.24) is 4.98 Å². The molecule has 2 N–H and O–H groups in total. The molecule has 6 nitrogen and oxygen atoms in total. The summed E-state index contributed by atoms with van der Waals surface area (Å²) >= 11 is 0. The van der Waals surface area contributed by atoms with E-state index in [1.165, 1.54) is 18.5 Å². The van der Waals surface area contributed by atoms with Crippen molar-refractivity contribution in [2.24, 2.45) is 0 Å². The Hall–Kier alpha value is -2.12. The van der Waals surface area contributed by atoms with Gasteiger partial charge in [-0.05, 0) is 37.3 Å². The monoisotopic (exact) mass is 308 g/mol. The van der Waals surface area contributed by atoms with Gasteiger partial charge in [-0.1, -0.05) is 0 Å². The number of ether oxygens (including phenoxy) is 1. The van der Waals surface area contributed by atoms with Gasteiger partial charge in [0.25, 0.3) is 10.0 Å². The van der Waals surface area contributed by atoms with E-state index in [1.807, 2.05) is 6.92 Å². The van der Waals surface area contributed by atoms with E-state index in [-0.39, 0.29) is 11.5 Å². The number of nitrogens with zero attached hydrogens (tertiary/aromatic N) is 1. The van der Waals surface area contributed by atoms with Crippen molar-refractivity contribution in [2.75, 3.05) is 11.3 Å². The van der Waals surface area contributed by atoms with Crippen LogP contribution in [0.25, 0.3) is 0 Å². The fourth-order valence-electron chi connectivity index (χ4n) is 1.78. The Bertz CT molecular complexity index is 702. The number of hydrogen-bond donors (Lipinski definition) is 2. The van der Waals surface area contributed by atoms with Crippen molar-refractivity contribution >= 4 is 15.7 Å². The third-order valence-electron chi connectivity index (χ3n) is 2.73. The van der Waals surface area contributed by atoms with Crippen LogP contribution in [0.1, 0.15) is 12.5 Å². The molecule has 2 rings (SSSR count). The van der Waals surface area contributed by atoms with Gasteiger partial charge in [0.05, 0.1) is 13.2 Å². The van der Waals surface area contributed by atoms with Crippen LogP contribution in [0.2, 0.25) is 0 Å². The fraction of sp³-hybridized carbons (Fsp3) is 0.214. The largest absolute Gasteiger partial charge is 0.494 e. The lowest BCUT2D eigenvalue weighted by Gasteiger charge is -2.12. The summed E-state index contributed by atoms with van der Waals surface area (Å²) in [4.78, 5) is 3.86. The number of hydrogen-bond acceptors (Lipinski definition) is 5. The van der Waals surface area contributed by atoms with Crippen LogP contribution in [0.4, 0.5) is 5.69 Å². The number of benzene rings is 1. The molecule has 0 atom stereocenters. The summed E-state index contributed by atoms with van der Waals surface area (Å²) in [5.74, 6) is 0.532. The van der Waals surface area contributed by atoms with Crippen LogP contribution in [-0.2, 0) is 16.6 Å². The number of aliphatic hydroxyl groups excluding tert-OH is 1. The van der Waals surface area contributed by atoms with E-state index in [2.05, 4.69) is 9.71 Å². The molecule has 21 heavy (non-hydrogen) atoms. The minimum atomic E-state index is -3.70. The molecular weight excluding hydrogens is 292 g/mol. The lowest BCUT2D eigenvalue weighted by atomic mass is 10.2. The number of pyridine rings is 1. The summed E-state index contributed by atoms with van der Waals surface area (Å²) in [5.41, 5.74) is 0.870. The van der Waals surface area contributed by atoms with Gasteiger partial charge in [-0.25, -0.2) is 8.42 Å². The quantitative estimate of drug-likeness (QED) is 0.849. The summed E-state index contributed by atoms with van der Waals surface area (Å²) in [6.07, 6.45) is 2.77. The summed E-state index contributed by atoms with van der Waals surface area (Å²) in [6, 6.07) is 7.75. The van der Waals surface area contributed by atoms with Gasteiger partial charge in [-0.15, -0.1) is 0 Å². The number of aliphatic hydroxyl groups is 1. The smallest absolute Gasteiger partial charge is 0.263 e. The zero-order valence-corrected chi connectivity index (χ0v) is 12.3. The summed E-state index contributed by atoms with van der Waals surface area (Å²) in [7, 11) is -3.70. The third kappa shape index (κ3) is 3.71. The van der Waals surface area contributed by atoms with E-state index in [9.17, 15) is 13.5 Å². The summed E-state index contributed by atoms with van der Waals surface area (Å²) in [5, 5.41) is 9.32. The fourth-order valence-corrected chi connectivity index (χ4v) is 2.80. The molecule has 0 amide bonds. The molecule has 0 aliphatic carbocycles. The summed E-state index contributed by atoms with van der Waals surface area (Å²) < 4.78 is 32.1.